The van der Waals surface area contributed by atoms with E-state index in [1.54, 1.807) is 36.4 Å². The third-order valence-corrected chi connectivity index (χ3v) is 2.22. The monoisotopic (exact) mass is 248 g/mol. The highest BCUT2D eigenvalue weighted by Crippen LogP contribution is 2.10. The highest BCUT2D eigenvalue weighted by Gasteiger charge is 2.03. The number of benzene rings is 1. The van der Waals surface area contributed by atoms with Gasteiger partial charge in [0.05, 0.1) is 12.5 Å². The van der Waals surface area contributed by atoms with E-state index in [4.69, 9.17) is 16.0 Å². The minimum atomic E-state index is -0.324. The Morgan fingerprint density at radius 2 is 2.24 bits per heavy atom. The van der Waals surface area contributed by atoms with Crippen molar-refractivity contribution >= 4 is 23.7 Å². The molecule has 1 aromatic carbocycles. The summed E-state index contributed by atoms with van der Waals surface area (Å²) in [4.78, 5) is 11.6. The zero-order chi connectivity index (χ0) is 12.1. The smallest absolute Gasteiger partial charge is 0.271 e. The van der Waals surface area contributed by atoms with Crippen LogP contribution in [0, 0.1) is 0 Å². The number of nitrogens with one attached hydrogen (secondary N) is 1. The topological polar surface area (TPSA) is 54.6 Å². The zero-order valence-corrected chi connectivity index (χ0v) is 9.52. The van der Waals surface area contributed by atoms with Gasteiger partial charge in [0.15, 0.2) is 0 Å². The number of hydrazone groups is 1. The lowest BCUT2D eigenvalue weighted by Gasteiger charge is -1.99. The minimum absolute atomic E-state index is 0.324. The summed E-state index contributed by atoms with van der Waals surface area (Å²) in [6.45, 7) is 0. The number of nitrogens with zero attached hydrogens (tertiary/aromatic N) is 1. The highest BCUT2D eigenvalue weighted by atomic mass is 35.5. The van der Waals surface area contributed by atoms with E-state index in [-0.39, 0.29) is 5.91 Å². The van der Waals surface area contributed by atoms with Gasteiger partial charge in [0.1, 0.15) is 5.76 Å². The third kappa shape index (κ3) is 3.19. The molecule has 0 aliphatic rings. The van der Waals surface area contributed by atoms with Crippen molar-refractivity contribution in [2.45, 2.75) is 0 Å². The molecule has 1 heterocycles. The average molecular weight is 249 g/mol. The Kier molecular flexibility index (Phi) is 3.57. The number of furan rings is 1. The summed E-state index contributed by atoms with van der Waals surface area (Å²) in [6, 6.07) is 10.1. The molecule has 0 saturated carbocycles. The molecule has 0 bridgehead atoms. The molecule has 0 atom stereocenters. The van der Waals surface area contributed by atoms with Gasteiger partial charge in [-0.3, -0.25) is 4.79 Å². The van der Waals surface area contributed by atoms with Gasteiger partial charge in [-0.2, -0.15) is 5.10 Å². The first-order valence-electron chi connectivity index (χ1n) is 4.88. The molecule has 1 N–H and O–H groups in total. The number of rotatable bonds is 3. The van der Waals surface area contributed by atoms with E-state index in [9.17, 15) is 4.79 Å². The lowest BCUT2D eigenvalue weighted by Crippen LogP contribution is -2.17. The minimum Gasteiger partial charge on any atom is -0.463 e. The third-order valence-electron chi connectivity index (χ3n) is 1.99. The molecule has 2 aromatic rings. The Bertz CT molecular complexity index is 535. The van der Waals surface area contributed by atoms with Crippen molar-refractivity contribution in [1.82, 2.24) is 5.43 Å². The fourth-order valence-electron chi connectivity index (χ4n) is 1.21. The number of amides is 1. The van der Waals surface area contributed by atoms with Crippen LogP contribution in [0.4, 0.5) is 0 Å². The summed E-state index contributed by atoms with van der Waals surface area (Å²) in [7, 11) is 0. The first kappa shape index (κ1) is 11.4. The largest absolute Gasteiger partial charge is 0.463 e. The first-order chi connectivity index (χ1) is 8.25. The number of hydrogen-bond donors (Lipinski definition) is 1. The molecule has 2 rings (SSSR count). The lowest BCUT2D eigenvalue weighted by atomic mass is 10.2. The van der Waals surface area contributed by atoms with Crippen molar-refractivity contribution in [2.75, 3.05) is 0 Å². The summed E-state index contributed by atoms with van der Waals surface area (Å²) in [5.41, 5.74) is 2.83. The van der Waals surface area contributed by atoms with Gasteiger partial charge >= 0.3 is 0 Å². The number of carbonyl (C=O) groups excluding carboxylic acids is 1. The molecule has 5 heteroatoms. The van der Waals surface area contributed by atoms with Crippen LogP contribution in [0.5, 0.6) is 0 Å². The summed E-state index contributed by atoms with van der Waals surface area (Å²) >= 11 is 5.77. The van der Waals surface area contributed by atoms with Gasteiger partial charge in [-0.05, 0) is 30.3 Å². The van der Waals surface area contributed by atoms with Crippen molar-refractivity contribution in [2.24, 2.45) is 5.10 Å². The second-order valence-electron chi connectivity index (χ2n) is 3.22. The second kappa shape index (κ2) is 5.32. The maximum Gasteiger partial charge on any atom is 0.271 e. The van der Waals surface area contributed by atoms with Gasteiger partial charge in [-0.25, -0.2) is 5.43 Å². The average Bonchev–Trinajstić information content (AvgIpc) is 2.82. The number of carbonyl (C=O) groups is 1. The van der Waals surface area contributed by atoms with Crippen LogP contribution in [-0.4, -0.2) is 12.1 Å². The summed E-state index contributed by atoms with van der Waals surface area (Å²) in [6.07, 6.45) is 2.95. The molecular formula is C12H9ClN2O2. The van der Waals surface area contributed by atoms with E-state index in [0.29, 0.717) is 16.3 Å². The Hall–Kier alpha value is -2.07. The van der Waals surface area contributed by atoms with E-state index in [1.165, 1.54) is 12.5 Å². The molecule has 0 unspecified atom stereocenters. The van der Waals surface area contributed by atoms with E-state index in [2.05, 4.69) is 10.5 Å². The van der Waals surface area contributed by atoms with E-state index < -0.39 is 0 Å². The van der Waals surface area contributed by atoms with Crippen LogP contribution in [0.25, 0.3) is 0 Å². The van der Waals surface area contributed by atoms with Gasteiger partial charge in [0, 0.05) is 10.6 Å². The molecule has 0 saturated heterocycles. The van der Waals surface area contributed by atoms with Crippen molar-refractivity contribution in [3.05, 3.63) is 59.0 Å². The molecule has 0 spiro atoms. The van der Waals surface area contributed by atoms with E-state index in [0.717, 1.165) is 0 Å². The fourth-order valence-corrected chi connectivity index (χ4v) is 1.40. The fraction of sp³-hybridized carbons (Fsp3) is 0. The molecule has 4 nitrogen and oxygen atoms in total. The summed E-state index contributed by atoms with van der Waals surface area (Å²) < 4.78 is 5.02. The van der Waals surface area contributed by atoms with Gasteiger partial charge in [-0.1, -0.05) is 17.7 Å². The Morgan fingerprint density at radius 1 is 1.35 bits per heavy atom. The molecule has 0 aliphatic heterocycles. The maximum atomic E-state index is 11.6. The van der Waals surface area contributed by atoms with Gasteiger partial charge < -0.3 is 4.42 Å². The Labute approximate surface area is 103 Å². The number of halogens is 1. The summed E-state index contributed by atoms with van der Waals surface area (Å²) in [5, 5.41) is 4.27. The quantitative estimate of drug-likeness (QED) is 0.671. The number of hydrogen-bond acceptors (Lipinski definition) is 3. The van der Waals surface area contributed by atoms with Crippen molar-refractivity contribution in [3.8, 4) is 0 Å². The zero-order valence-electron chi connectivity index (χ0n) is 8.76. The standard InChI is InChI=1S/C12H9ClN2O2/c13-10-4-1-3-9(7-10)12(16)15-14-8-11-5-2-6-17-11/h1-8H,(H,15,16). The normalized spacial score (nSPS) is 10.6. The Balaban J connectivity index is 1.98. The van der Waals surface area contributed by atoms with Crippen LogP contribution in [0.15, 0.2) is 52.2 Å². The SMILES string of the molecule is O=C(NN=Cc1ccco1)c1cccc(Cl)c1. The van der Waals surface area contributed by atoms with E-state index >= 15 is 0 Å². The molecule has 1 amide bonds. The van der Waals surface area contributed by atoms with Crippen LogP contribution in [0.1, 0.15) is 16.1 Å². The van der Waals surface area contributed by atoms with Gasteiger partial charge in [0.25, 0.3) is 5.91 Å². The molecular weight excluding hydrogens is 240 g/mol. The van der Waals surface area contributed by atoms with Crippen LogP contribution < -0.4 is 5.43 Å². The first-order valence-corrected chi connectivity index (χ1v) is 5.26. The maximum absolute atomic E-state index is 11.6. The van der Waals surface area contributed by atoms with Crippen LogP contribution in [-0.2, 0) is 0 Å². The summed E-state index contributed by atoms with van der Waals surface area (Å²) in [5.74, 6) is 0.242. The van der Waals surface area contributed by atoms with Crippen LogP contribution >= 0.6 is 11.6 Å². The van der Waals surface area contributed by atoms with Crippen LogP contribution in [0.3, 0.4) is 0 Å². The predicted octanol–water partition coefficient (Wildman–Crippen LogP) is 2.70. The molecule has 0 aliphatic carbocycles. The molecule has 0 fully saturated rings. The molecule has 0 radical (unpaired) electrons. The van der Waals surface area contributed by atoms with Gasteiger partial charge in [-0.15, -0.1) is 0 Å². The van der Waals surface area contributed by atoms with Gasteiger partial charge in [0.2, 0.25) is 0 Å². The highest BCUT2D eigenvalue weighted by molar-refractivity contribution is 6.30. The van der Waals surface area contributed by atoms with Crippen LogP contribution in [0.2, 0.25) is 5.02 Å². The van der Waals surface area contributed by atoms with Crippen molar-refractivity contribution in [3.63, 3.8) is 0 Å². The Morgan fingerprint density at radius 3 is 2.94 bits per heavy atom. The molecule has 1 aromatic heterocycles. The van der Waals surface area contributed by atoms with E-state index in [1.807, 2.05) is 0 Å². The van der Waals surface area contributed by atoms with Crippen molar-refractivity contribution < 1.29 is 9.21 Å². The molecule has 17 heavy (non-hydrogen) atoms. The van der Waals surface area contributed by atoms with Crippen molar-refractivity contribution in [1.29, 1.82) is 0 Å². The lowest BCUT2D eigenvalue weighted by molar-refractivity contribution is 0.0955. The molecule has 86 valence electrons. The second-order valence-corrected chi connectivity index (χ2v) is 3.66. The predicted molar refractivity (Wildman–Crippen MR) is 65.2 cm³/mol.